The lowest BCUT2D eigenvalue weighted by atomic mass is 9.87. The van der Waals surface area contributed by atoms with Crippen molar-refractivity contribution in [3.05, 3.63) is 54.7 Å². The third-order valence-corrected chi connectivity index (χ3v) is 4.73. The van der Waals surface area contributed by atoms with Crippen LogP contribution in [0.15, 0.2) is 36.4 Å². The van der Waals surface area contributed by atoms with Gasteiger partial charge in [0, 0.05) is 9.26 Å². The Balaban J connectivity index is 2.23. The van der Waals surface area contributed by atoms with Gasteiger partial charge in [-0.15, -0.1) is 0 Å². The van der Waals surface area contributed by atoms with Crippen molar-refractivity contribution in [2.24, 2.45) is 0 Å². The summed E-state index contributed by atoms with van der Waals surface area (Å²) in [5.41, 5.74) is 2.28. The van der Waals surface area contributed by atoms with Gasteiger partial charge in [-0.05, 0) is 80.4 Å². The van der Waals surface area contributed by atoms with Crippen LogP contribution in [0.3, 0.4) is 0 Å². The standard InChI is InChI=1S/C17H17I2NO2/c1-17(2,3)10-4-6-12(7-5-10)20-16(22)13-8-11(18)9-14(19)15(13)21/h4-9,21H,1-3H3,(H,20,22). The second kappa shape index (κ2) is 6.74. The molecule has 0 unspecified atom stereocenters. The van der Waals surface area contributed by atoms with E-state index < -0.39 is 0 Å². The number of phenolic OH excluding ortho intramolecular Hbond substituents is 1. The van der Waals surface area contributed by atoms with E-state index in [1.165, 1.54) is 5.56 Å². The molecule has 0 spiro atoms. The van der Waals surface area contributed by atoms with Crippen LogP contribution in [0.2, 0.25) is 0 Å². The first kappa shape index (κ1) is 17.5. The minimum Gasteiger partial charge on any atom is -0.506 e. The summed E-state index contributed by atoms with van der Waals surface area (Å²) in [4.78, 5) is 12.3. The fourth-order valence-corrected chi connectivity index (χ4v) is 3.84. The minimum atomic E-state index is -0.308. The highest BCUT2D eigenvalue weighted by Crippen LogP contribution is 2.28. The molecule has 0 atom stereocenters. The fourth-order valence-electron chi connectivity index (χ4n) is 1.99. The number of hydrogen-bond donors (Lipinski definition) is 2. The molecular formula is C17H17I2NO2. The number of hydrogen-bond acceptors (Lipinski definition) is 2. The van der Waals surface area contributed by atoms with Gasteiger partial charge in [0.1, 0.15) is 5.75 Å². The van der Waals surface area contributed by atoms with Gasteiger partial charge >= 0.3 is 0 Å². The van der Waals surface area contributed by atoms with Crippen LogP contribution < -0.4 is 5.32 Å². The predicted molar refractivity (Wildman–Crippen MR) is 107 cm³/mol. The lowest BCUT2D eigenvalue weighted by Crippen LogP contribution is -2.14. The van der Waals surface area contributed by atoms with E-state index in [2.05, 4.69) is 48.7 Å². The van der Waals surface area contributed by atoms with Crippen molar-refractivity contribution in [2.75, 3.05) is 5.32 Å². The molecule has 2 N–H and O–H groups in total. The molecule has 22 heavy (non-hydrogen) atoms. The Morgan fingerprint density at radius 1 is 1.09 bits per heavy atom. The van der Waals surface area contributed by atoms with Crippen molar-refractivity contribution in [1.29, 1.82) is 0 Å². The van der Waals surface area contributed by atoms with Crippen LogP contribution in [-0.2, 0) is 5.41 Å². The van der Waals surface area contributed by atoms with Gasteiger partial charge in [0.2, 0.25) is 0 Å². The first-order chi connectivity index (χ1) is 10.2. The van der Waals surface area contributed by atoms with Crippen LogP contribution in [-0.4, -0.2) is 11.0 Å². The third-order valence-electron chi connectivity index (χ3n) is 3.28. The highest BCUT2D eigenvalue weighted by molar-refractivity contribution is 14.1. The van der Waals surface area contributed by atoms with Crippen LogP contribution in [0.5, 0.6) is 5.75 Å². The van der Waals surface area contributed by atoms with E-state index in [1.807, 2.05) is 52.9 Å². The van der Waals surface area contributed by atoms with Crippen LogP contribution in [0.1, 0.15) is 36.7 Å². The maximum Gasteiger partial charge on any atom is 0.259 e. The molecule has 3 nitrogen and oxygen atoms in total. The molecule has 0 radical (unpaired) electrons. The summed E-state index contributed by atoms with van der Waals surface area (Å²) in [6.07, 6.45) is 0. The highest BCUT2D eigenvalue weighted by atomic mass is 127. The Bertz CT molecular complexity index is 704. The lowest BCUT2D eigenvalue weighted by Gasteiger charge is -2.19. The zero-order valence-corrected chi connectivity index (χ0v) is 16.9. The molecule has 0 heterocycles. The second-order valence-electron chi connectivity index (χ2n) is 6.07. The van der Waals surface area contributed by atoms with Crippen molar-refractivity contribution in [3.8, 4) is 5.75 Å². The predicted octanol–water partition coefficient (Wildman–Crippen LogP) is 5.15. The molecule has 116 valence electrons. The van der Waals surface area contributed by atoms with Gasteiger partial charge in [-0.1, -0.05) is 32.9 Å². The van der Waals surface area contributed by atoms with Gasteiger partial charge in [-0.3, -0.25) is 4.79 Å². The summed E-state index contributed by atoms with van der Waals surface area (Å²) >= 11 is 4.15. The molecule has 0 saturated heterocycles. The summed E-state index contributed by atoms with van der Waals surface area (Å²) in [5, 5.41) is 12.9. The second-order valence-corrected chi connectivity index (χ2v) is 8.47. The Labute approximate surface area is 157 Å². The molecule has 0 aliphatic heterocycles. The van der Waals surface area contributed by atoms with Gasteiger partial charge in [0.05, 0.1) is 9.13 Å². The van der Waals surface area contributed by atoms with Crippen molar-refractivity contribution in [1.82, 2.24) is 0 Å². The van der Waals surface area contributed by atoms with Crippen LogP contribution in [0, 0.1) is 7.14 Å². The quantitative estimate of drug-likeness (QED) is 0.538. The van der Waals surface area contributed by atoms with Crippen molar-refractivity contribution < 1.29 is 9.90 Å². The summed E-state index contributed by atoms with van der Waals surface area (Å²) in [7, 11) is 0. The number of halogens is 2. The molecule has 0 saturated carbocycles. The van der Waals surface area contributed by atoms with Crippen LogP contribution in [0.25, 0.3) is 0 Å². The van der Waals surface area contributed by atoms with E-state index >= 15 is 0 Å². The van der Waals surface area contributed by atoms with Gasteiger partial charge in [0.15, 0.2) is 0 Å². The van der Waals surface area contributed by atoms with Crippen molar-refractivity contribution >= 4 is 56.8 Å². The molecule has 2 rings (SSSR count). The summed E-state index contributed by atoms with van der Waals surface area (Å²) in [6.45, 7) is 6.44. The Hall–Kier alpha value is -0.830. The van der Waals surface area contributed by atoms with E-state index in [4.69, 9.17) is 0 Å². The molecule has 0 fully saturated rings. The molecule has 0 aromatic heterocycles. The zero-order chi connectivity index (χ0) is 16.5. The number of aromatic hydroxyl groups is 1. The highest BCUT2D eigenvalue weighted by Gasteiger charge is 2.16. The van der Waals surface area contributed by atoms with Crippen molar-refractivity contribution in [2.45, 2.75) is 26.2 Å². The summed E-state index contributed by atoms with van der Waals surface area (Å²) in [6, 6.07) is 11.3. The van der Waals surface area contributed by atoms with E-state index in [1.54, 1.807) is 6.07 Å². The maximum absolute atomic E-state index is 12.3. The lowest BCUT2D eigenvalue weighted by molar-refractivity contribution is 0.102. The Morgan fingerprint density at radius 2 is 1.68 bits per heavy atom. The average Bonchev–Trinajstić information content (AvgIpc) is 2.42. The molecule has 2 aromatic rings. The van der Waals surface area contributed by atoms with Crippen LogP contribution in [0.4, 0.5) is 5.69 Å². The van der Waals surface area contributed by atoms with E-state index in [9.17, 15) is 9.90 Å². The number of carbonyl (C=O) groups excluding carboxylic acids is 1. The molecular weight excluding hydrogens is 504 g/mol. The molecule has 0 aliphatic carbocycles. The number of nitrogens with one attached hydrogen (secondary N) is 1. The number of amides is 1. The fraction of sp³-hybridized carbons (Fsp3) is 0.235. The largest absolute Gasteiger partial charge is 0.506 e. The first-order valence-corrected chi connectivity index (χ1v) is 8.94. The van der Waals surface area contributed by atoms with E-state index in [-0.39, 0.29) is 22.6 Å². The Morgan fingerprint density at radius 3 is 2.23 bits per heavy atom. The van der Waals surface area contributed by atoms with Gasteiger partial charge in [-0.2, -0.15) is 0 Å². The average molecular weight is 521 g/mol. The molecule has 0 aliphatic rings. The normalized spacial score (nSPS) is 11.3. The summed E-state index contributed by atoms with van der Waals surface area (Å²) in [5.74, 6) is -0.290. The van der Waals surface area contributed by atoms with Crippen molar-refractivity contribution in [3.63, 3.8) is 0 Å². The number of rotatable bonds is 2. The minimum absolute atomic E-state index is 0.0184. The molecule has 1 amide bonds. The van der Waals surface area contributed by atoms with E-state index in [0.29, 0.717) is 9.26 Å². The van der Waals surface area contributed by atoms with Gasteiger partial charge in [-0.25, -0.2) is 0 Å². The number of benzene rings is 2. The van der Waals surface area contributed by atoms with E-state index in [0.717, 1.165) is 3.57 Å². The van der Waals surface area contributed by atoms with Gasteiger partial charge in [0.25, 0.3) is 5.91 Å². The Kier molecular flexibility index (Phi) is 5.37. The monoisotopic (exact) mass is 521 g/mol. The molecule has 0 bridgehead atoms. The first-order valence-electron chi connectivity index (χ1n) is 6.78. The third kappa shape index (κ3) is 4.13. The molecule has 2 aromatic carbocycles. The number of phenols is 1. The van der Waals surface area contributed by atoms with Crippen LogP contribution >= 0.6 is 45.2 Å². The SMILES string of the molecule is CC(C)(C)c1ccc(NC(=O)c2cc(I)cc(I)c2O)cc1. The smallest absolute Gasteiger partial charge is 0.259 e. The van der Waals surface area contributed by atoms with Gasteiger partial charge < -0.3 is 10.4 Å². The zero-order valence-electron chi connectivity index (χ0n) is 12.6. The summed E-state index contributed by atoms with van der Waals surface area (Å²) < 4.78 is 1.57. The topological polar surface area (TPSA) is 49.3 Å². The maximum atomic E-state index is 12.3. The number of anilines is 1. The molecule has 5 heteroatoms. The number of carbonyl (C=O) groups is 1.